The van der Waals surface area contributed by atoms with Crippen molar-refractivity contribution in [1.29, 1.82) is 0 Å². The first kappa shape index (κ1) is 15.9. The van der Waals surface area contributed by atoms with Gasteiger partial charge in [0, 0.05) is 31.3 Å². The van der Waals surface area contributed by atoms with E-state index in [0.29, 0.717) is 6.61 Å². The van der Waals surface area contributed by atoms with Crippen LogP contribution in [0.5, 0.6) is 0 Å². The van der Waals surface area contributed by atoms with Crippen molar-refractivity contribution in [3.8, 4) is 0 Å². The third-order valence-electron chi connectivity index (χ3n) is 3.39. The van der Waals surface area contributed by atoms with E-state index >= 15 is 0 Å². The lowest BCUT2D eigenvalue weighted by Crippen LogP contribution is -2.10. The Morgan fingerprint density at radius 3 is 2.71 bits per heavy atom. The number of methoxy groups -OCH3 is 1. The van der Waals surface area contributed by atoms with Crippen LogP contribution >= 0.6 is 11.3 Å². The smallest absolute Gasteiger partial charge is 0.190 e. The molecule has 0 bridgehead atoms. The van der Waals surface area contributed by atoms with Crippen LogP contribution in [0.2, 0.25) is 0 Å². The van der Waals surface area contributed by atoms with Gasteiger partial charge in [-0.2, -0.15) is 0 Å². The Labute approximate surface area is 130 Å². The Bertz CT molecular complexity index is 586. The zero-order valence-electron chi connectivity index (χ0n) is 13.4. The molecule has 1 aromatic heterocycles. The highest BCUT2D eigenvalue weighted by molar-refractivity contribution is 7.15. The number of anilines is 2. The lowest BCUT2D eigenvalue weighted by molar-refractivity contribution is 0.181. The Morgan fingerprint density at radius 1 is 1.33 bits per heavy atom. The molecule has 5 heteroatoms. The summed E-state index contributed by atoms with van der Waals surface area (Å²) in [7, 11) is 5.72. The fourth-order valence-corrected chi connectivity index (χ4v) is 3.40. The fourth-order valence-electron chi connectivity index (χ4n) is 2.35. The van der Waals surface area contributed by atoms with Gasteiger partial charge in [-0.25, -0.2) is 4.98 Å². The van der Waals surface area contributed by atoms with E-state index in [1.165, 1.54) is 21.7 Å². The largest absolute Gasteiger partial charge is 0.378 e. The Morgan fingerprint density at radius 2 is 2.10 bits per heavy atom. The minimum atomic E-state index is 0.550. The van der Waals surface area contributed by atoms with Gasteiger partial charge in [0.2, 0.25) is 0 Å². The molecule has 0 fully saturated rings. The standard InChI is InChI=1S/C16H23N3OS/c1-11-6-7-14(12(2)8-11)19(4)16-18-13(10-20-5)15(21-16)9-17-3/h6-8,17H,9-10H2,1-5H3. The quantitative estimate of drug-likeness (QED) is 0.887. The molecular weight excluding hydrogens is 282 g/mol. The normalized spacial score (nSPS) is 10.9. The molecule has 0 unspecified atom stereocenters. The molecule has 0 radical (unpaired) electrons. The van der Waals surface area contributed by atoms with E-state index in [4.69, 9.17) is 9.72 Å². The molecule has 0 aliphatic rings. The van der Waals surface area contributed by atoms with Crippen molar-refractivity contribution in [2.45, 2.75) is 27.0 Å². The first-order valence-electron chi connectivity index (χ1n) is 7.00. The number of benzene rings is 1. The summed E-state index contributed by atoms with van der Waals surface area (Å²) in [5, 5.41) is 4.19. The number of ether oxygens (including phenoxy) is 1. The molecule has 1 aromatic carbocycles. The summed E-state index contributed by atoms with van der Waals surface area (Å²) in [5.74, 6) is 0. The molecule has 114 valence electrons. The van der Waals surface area contributed by atoms with Crippen LogP contribution in [0.25, 0.3) is 0 Å². The molecular formula is C16H23N3OS. The van der Waals surface area contributed by atoms with Gasteiger partial charge in [-0.3, -0.25) is 0 Å². The molecule has 0 aliphatic carbocycles. The Hall–Kier alpha value is -1.43. The molecule has 4 nitrogen and oxygen atoms in total. The van der Waals surface area contributed by atoms with Gasteiger partial charge >= 0.3 is 0 Å². The summed E-state index contributed by atoms with van der Waals surface area (Å²) in [4.78, 5) is 8.12. The van der Waals surface area contributed by atoms with Gasteiger partial charge in [0.15, 0.2) is 5.13 Å². The maximum atomic E-state index is 5.25. The van der Waals surface area contributed by atoms with Crippen molar-refractivity contribution in [3.05, 3.63) is 39.9 Å². The maximum Gasteiger partial charge on any atom is 0.190 e. The van der Waals surface area contributed by atoms with Gasteiger partial charge in [0.05, 0.1) is 12.3 Å². The van der Waals surface area contributed by atoms with Gasteiger partial charge < -0.3 is 15.0 Å². The van der Waals surface area contributed by atoms with Crippen molar-refractivity contribution in [2.75, 3.05) is 26.1 Å². The van der Waals surface area contributed by atoms with Crippen LogP contribution in [-0.2, 0) is 17.9 Å². The molecule has 0 atom stereocenters. The Kier molecular flexibility index (Phi) is 5.33. The number of nitrogens with zero attached hydrogens (tertiary/aromatic N) is 2. The van der Waals surface area contributed by atoms with Crippen LogP contribution in [0.3, 0.4) is 0 Å². The number of hydrogen-bond donors (Lipinski definition) is 1. The first-order chi connectivity index (χ1) is 10.1. The highest BCUT2D eigenvalue weighted by atomic mass is 32.1. The van der Waals surface area contributed by atoms with Crippen molar-refractivity contribution < 1.29 is 4.74 Å². The van der Waals surface area contributed by atoms with E-state index in [9.17, 15) is 0 Å². The molecule has 0 spiro atoms. The monoisotopic (exact) mass is 305 g/mol. The van der Waals surface area contributed by atoms with Gasteiger partial charge in [-0.1, -0.05) is 29.0 Å². The lowest BCUT2D eigenvalue weighted by Gasteiger charge is -2.18. The van der Waals surface area contributed by atoms with Crippen LogP contribution in [0.15, 0.2) is 18.2 Å². The zero-order chi connectivity index (χ0) is 15.4. The summed E-state index contributed by atoms with van der Waals surface area (Å²) in [6, 6.07) is 6.49. The van der Waals surface area contributed by atoms with E-state index in [2.05, 4.69) is 49.3 Å². The summed E-state index contributed by atoms with van der Waals surface area (Å²) in [6.45, 7) is 5.62. The zero-order valence-corrected chi connectivity index (χ0v) is 14.2. The van der Waals surface area contributed by atoms with Gasteiger partial charge in [-0.05, 0) is 32.5 Å². The average molecular weight is 305 g/mol. The minimum Gasteiger partial charge on any atom is -0.378 e. The second kappa shape index (κ2) is 7.02. The van der Waals surface area contributed by atoms with Crippen LogP contribution in [-0.4, -0.2) is 26.2 Å². The Balaban J connectivity index is 2.33. The van der Waals surface area contributed by atoms with Gasteiger partial charge in [-0.15, -0.1) is 0 Å². The highest BCUT2D eigenvalue weighted by Crippen LogP contribution is 2.32. The van der Waals surface area contributed by atoms with E-state index < -0.39 is 0 Å². The second-order valence-electron chi connectivity index (χ2n) is 5.18. The van der Waals surface area contributed by atoms with Crippen molar-refractivity contribution >= 4 is 22.2 Å². The third-order valence-corrected chi connectivity index (χ3v) is 4.56. The van der Waals surface area contributed by atoms with E-state index in [-0.39, 0.29) is 0 Å². The number of aromatic nitrogens is 1. The van der Waals surface area contributed by atoms with Crippen molar-refractivity contribution in [1.82, 2.24) is 10.3 Å². The number of thiazole rings is 1. The molecule has 1 heterocycles. The molecule has 2 rings (SSSR count). The van der Waals surface area contributed by atoms with Gasteiger partial charge in [0.25, 0.3) is 0 Å². The number of hydrogen-bond acceptors (Lipinski definition) is 5. The average Bonchev–Trinajstić information content (AvgIpc) is 2.82. The van der Waals surface area contributed by atoms with Crippen LogP contribution in [0.1, 0.15) is 21.7 Å². The lowest BCUT2D eigenvalue weighted by atomic mass is 10.1. The molecule has 2 aromatic rings. The molecule has 21 heavy (non-hydrogen) atoms. The van der Waals surface area contributed by atoms with E-state index in [1.54, 1.807) is 18.4 Å². The first-order valence-corrected chi connectivity index (χ1v) is 7.81. The number of nitrogens with one attached hydrogen (secondary N) is 1. The SMILES string of the molecule is CNCc1sc(N(C)c2ccc(C)cc2C)nc1COC. The summed E-state index contributed by atoms with van der Waals surface area (Å²) < 4.78 is 5.25. The van der Waals surface area contributed by atoms with Crippen LogP contribution < -0.4 is 10.2 Å². The maximum absolute atomic E-state index is 5.25. The van der Waals surface area contributed by atoms with Gasteiger partial charge in [0.1, 0.15) is 0 Å². The number of rotatable bonds is 6. The van der Waals surface area contributed by atoms with E-state index in [1.807, 2.05) is 7.05 Å². The van der Waals surface area contributed by atoms with Crippen molar-refractivity contribution in [3.63, 3.8) is 0 Å². The minimum absolute atomic E-state index is 0.550. The summed E-state index contributed by atoms with van der Waals surface area (Å²) >= 11 is 1.71. The van der Waals surface area contributed by atoms with Crippen molar-refractivity contribution in [2.24, 2.45) is 0 Å². The topological polar surface area (TPSA) is 37.4 Å². The molecule has 1 N–H and O–H groups in total. The molecule has 0 aliphatic heterocycles. The van der Waals surface area contributed by atoms with Crippen LogP contribution in [0.4, 0.5) is 10.8 Å². The number of aryl methyl sites for hydroxylation is 2. The third kappa shape index (κ3) is 3.61. The highest BCUT2D eigenvalue weighted by Gasteiger charge is 2.15. The predicted octanol–water partition coefficient (Wildman–Crippen LogP) is 3.39. The molecule has 0 saturated heterocycles. The van der Waals surface area contributed by atoms with Crippen LogP contribution in [0, 0.1) is 13.8 Å². The van der Waals surface area contributed by atoms with E-state index in [0.717, 1.165) is 17.4 Å². The molecule has 0 amide bonds. The predicted molar refractivity (Wildman–Crippen MR) is 89.6 cm³/mol. The summed E-state index contributed by atoms with van der Waals surface area (Å²) in [5.41, 5.74) is 4.74. The second-order valence-corrected chi connectivity index (χ2v) is 6.24. The molecule has 0 saturated carbocycles. The fraction of sp³-hybridized carbons (Fsp3) is 0.438. The summed E-state index contributed by atoms with van der Waals surface area (Å²) in [6.07, 6.45) is 0.